The van der Waals surface area contributed by atoms with Gasteiger partial charge in [0.05, 0.1) is 7.11 Å². The van der Waals surface area contributed by atoms with E-state index in [1.54, 1.807) is 0 Å². The fourth-order valence-electron chi connectivity index (χ4n) is 5.21. The Kier molecular flexibility index (Phi) is 13.7. The summed E-state index contributed by atoms with van der Waals surface area (Å²) in [6.45, 7) is 6.45. The highest BCUT2D eigenvalue weighted by Gasteiger charge is 2.29. The Morgan fingerprint density at radius 3 is 1.96 bits per heavy atom. The van der Waals surface area contributed by atoms with Gasteiger partial charge in [-0.1, -0.05) is 141 Å². The van der Waals surface area contributed by atoms with Crippen molar-refractivity contribution in [1.29, 1.82) is 0 Å². The molecule has 46 heavy (non-hydrogen) atoms. The molecule has 1 amide bonds. The van der Waals surface area contributed by atoms with Gasteiger partial charge in [-0.05, 0) is 40.7 Å². The molecular weight excluding hydrogens is 655 g/mol. The number of hydrogen-bond donors (Lipinski definition) is 3. The summed E-state index contributed by atoms with van der Waals surface area (Å²) in [5, 5.41) is 9.54. The zero-order chi connectivity index (χ0) is 33.1. The second-order valence-corrected chi connectivity index (χ2v) is 14.9. The Morgan fingerprint density at radius 1 is 0.783 bits per heavy atom. The molecule has 0 bridgehead atoms. The second-order valence-electron chi connectivity index (χ2n) is 11.5. The van der Waals surface area contributed by atoms with Crippen molar-refractivity contribution >= 4 is 68.7 Å². The predicted octanol–water partition coefficient (Wildman–Crippen LogP) is 6.94. The molecule has 0 radical (unpaired) electrons. The van der Waals surface area contributed by atoms with Gasteiger partial charge in [-0.3, -0.25) is 0 Å². The van der Waals surface area contributed by atoms with Crippen LogP contribution in [0.1, 0.15) is 43.4 Å². The van der Waals surface area contributed by atoms with Gasteiger partial charge in [0.25, 0.3) is 0 Å². The molecule has 11 heteroatoms. The lowest BCUT2D eigenvalue weighted by Gasteiger charge is -2.25. The van der Waals surface area contributed by atoms with E-state index < -0.39 is 12.1 Å². The van der Waals surface area contributed by atoms with E-state index in [0.717, 1.165) is 5.56 Å². The maximum absolute atomic E-state index is 12.7. The summed E-state index contributed by atoms with van der Waals surface area (Å²) in [5.74, 6) is 1.20. The lowest BCUT2D eigenvalue weighted by atomic mass is 9.98. The minimum Gasteiger partial charge on any atom is -0.467 e. The third-order valence-corrected chi connectivity index (χ3v) is 10.6. The van der Waals surface area contributed by atoms with Gasteiger partial charge in [0.1, 0.15) is 21.3 Å². The fourth-order valence-corrected chi connectivity index (χ4v) is 7.66. The SMILES string of the molecule is COC(=O)[C@H](Cc1ccccc1)NC(=S)SC[C@@H](NC(=S)SC[C@H](C)NC(=O)OCC1c2ccccc2-c2ccccc21)C(C)C. The molecule has 0 spiro atoms. The molecular formula is C35H41N3O4S4. The van der Waals surface area contributed by atoms with E-state index in [4.69, 9.17) is 33.9 Å². The third-order valence-electron chi connectivity index (χ3n) is 7.73. The molecule has 1 aliphatic rings. The Bertz CT molecular complexity index is 1460. The number of hydrogen-bond acceptors (Lipinski definition) is 8. The number of carbonyl (C=O) groups is 2. The molecule has 0 saturated carbocycles. The number of ether oxygens (including phenoxy) is 2. The van der Waals surface area contributed by atoms with E-state index in [9.17, 15) is 9.59 Å². The average Bonchev–Trinajstić information content (AvgIpc) is 3.37. The molecule has 0 aromatic heterocycles. The van der Waals surface area contributed by atoms with Crippen LogP contribution >= 0.6 is 48.0 Å². The van der Waals surface area contributed by atoms with E-state index >= 15 is 0 Å². The Balaban J connectivity index is 1.19. The van der Waals surface area contributed by atoms with Crippen LogP contribution in [0.25, 0.3) is 11.1 Å². The highest BCUT2D eigenvalue weighted by atomic mass is 32.2. The maximum atomic E-state index is 12.7. The van der Waals surface area contributed by atoms with Gasteiger partial charge in [-0.25, -0.2) is 9.59 Å². The first kappa shape index (κ1) is 35.7. The Labute approximate surface area is 291 Å². The summed E-state index contributed by atoms with van der Waals surface area (Å²) in [4.78, 5) is 25.1. The molecule has 3 N–H and O–H groups in total. The molecule has 0 unspecified atom stereocenters. The van der Waals surface area contributed by atoms with E-state index in [0.29, 0.717) is 26.6 Å². The molecule has 0 fully saturated rings. The molecule has 3 aromatic rings. The smallest absolute Gasteiger partial charge is 0.407 e. The molecule has 1 aliphatic carbocycles. The zero-order valence-electron chi connectivity index (χ0n) is 26.5. The van der Waals surface area contributed by atoms with Crippen LogP contribution in [0.2, 0.25) is 0 Å². The van der Waals surface area contributed by atoms with Crippen LogP contribution in [0.3, 0.4) is 0 Å². The summed E-state index contributed by atoms with van der Waals surface area (Å²) in [6, 6.07) is 25.7. The van der Waals surface area contributed by atoms with Gasteiger partial charge >= 0.3 is 12.1 Å². The van der Waals surface area contributed by atoms with Crippen LogP contribution in [0.4, 0.5) is 4.79 Å². The maximum Gasteiger partial charge on any atom is 0.407 e. The number of alkyl carbamates (subject to hydrolysis) is 1. The van der Waals surface area contributed by atoms with Crippen LogP contribution in [-0.4, -0.2) is 64.1 Å². The highest BCUT2D eigenvalue weighted by Crippen LogP contribution is 2.44. The number of rotatable bonds is 13. The first-order chi connectivity index (χ1) is 22.2. The van der Waals surface area contributed by atoms with Crippen LogP contribution in [0.15, 0.2) is 78.9 Å². The summed E-state index contributed by atoms with van der Waals surface area (Å²) in [6.07, 6.45) is 0.0344. The number of thiocarbonyl (C=S) groups is 2. The predicted molar refractivity (Wildman–Crippen MR) is 199 cm³/mol. The molecule has 3 atom stereocenters. The largest absolute Gasteiger partial charge is 0.467 e. The van der Waals surface area contributed by atoms with Crippen molar-refractivity contribution in [2.75, 3.05) is 25.2 Å². The van der Waals surface area contributed by atoms with Gasteiger partial charge in [-0.2, -0.15) is 0 Å². The second kappa shape index (κ2) is 17.7. The summed E-state index contributed by atoms with van der Waals surface area (Å²) >= 11 is 14.2. The summed E-state index contributed by atoms with van der Waals surface area (Å²) in [7, 11) is 1.38. The van der Waals surface area contributed by atoms with Crippen molar-refractivity contribution < 1.29 is 19.1 Å². The van der Waals surface area contributed by atoms with E-state index in [1.165, 1.54) is 52.9 Å². The molecule has 4 rings (SSSR count). The van der Waals surface area contributed by atoms with Gasteiger partial charge in [0.15, 0.2) is 0 Å². The molecule has 244 valence electrons. The Morgan fingerprint density at radius 2 is 1.35 bits per heavy atom. The molecule has 3 aromatic carbocycles. The third kappa shape index (κ3) is 10.2. The number of fused-ring (bicyclic) bond motifs is 3. The minimum atomic E-state index is -0.569. The summed E-state index contributed by atoms with van der Waals surface area (Å²) in [5.41, 5.74) is 5.78. The van der Waals surface area contributed by atoms with E-state index in [1.807, 2.05) is 61.5 Å². The number of methoxy groups -OCH3 is 1. The Hall–Kier alpha value is -3.12. The lowest BCUT2D eigenvalue weighted by molar-refractivity contribution is -0.142. The number of amides is 1. The van der Waals surface area contributed by atoms with Crippen molar-refractivity contribution in [1.82, 2.24) is 16.0 Å². The average molecular weight is 696 g/mol. The summed E-state index contributed by atoms with van der Waals surface area (Å²) < 4.78 is 11.9. The minimum absolute atomic E-state index is 0.0174. The van der Waals surface area contributed by atoms with Crippen molar-refractivity contribution in [3.63, 3.8) is 0 Å². The number of benzene rings is 3. The van der Waals surface area contributed by atoms with Crippen molar-refractivity contribution in [3.8, 4) is 11.1 Å². The molecule has 0 aliphatic heterocycles. The van der Waals surface area contributed by atoms with E-state index in [-0.39, 0.29) is 36.5 Å². The first-order valence-electron chi connectivity index (χ1n) is 15.3. The number of thioether (sulfide) groups is 2. The van der Waals surface area contributed by atoms with Crippen LogP contribution in [-0.2, 0) is 20.7 Å². The van der Waals surface area contributed by atoms with Crippen LogP contribution in [0, 0.1) is 5.92 Å². The van der Waals surface area contributed by atoms with Crippen molar-refractivity contribution in [3.05, 3.63) is 95.6 Å². The quantitative estimate of drug-likeness (QED) is 0.129. The first-order valence-corrected chi connectivity index (χ1v) is 18.0. The number of nitrogens with one attached hydrogen (secondary N) is 3. The topological polar surface area (TPSA) is 88.7 Å². The standard InChI is InChI=1S/C35H41N3O4S4/c1-22(2)31(21-46-34(43)37-30(32(39)41-4)18-24-12-6-5-7-13-24)38-35(44)45-20-23(3)36-33(40)42-19-29-27-16-10-8-14-25(27)26-15-9-11-17-28(26)29/h5-17,22-23,29-31H,18-21H2,1-4H3,(H,36,40)(H,37,43)(H,38,44)/t23-,30-,31+/m0/s1. The molecule has 7 nitrogen and oxygen atoms in total. The van der Waals surface area contributed by atoms with Crippen LogP contribution < -0.4 is 16.0 Å². The molecule has 0 saturated heterocycles. The number of carbonyl (C=O) groups excluding carboxylic acids is 2. The van der Waals surface area contributed by atoms with Crippen molar-refractivity contribution in [2.45, 2.75) is 51.2 Å². The fraction of sp³-hybridized carbons (Fsp3) is 0.371. The lowest BCUT2D eigenvalue weighted by Crippen LogP contribution is -2.43. The monoisotopic (exact) mass is 695 g/mol. The van der Waals surface area contributed by atoms with Gasteiger partial charge in [-0.15, -0.1) is 0 Å². The van der Waals surface area contributed by atoms with Gasteiger partial charge < -0.3 is 25.4 Å². The van der Waals surface area contributed by atoms with Crippen LogP contribution in [0.5, 0.6) is 0 Å². The van der Waals surface area contributed by atoms with Crippen molar-refractivity contribution in [2.24, 2.45) is 5.92 Å². The highest BCUT2D eigenvalue weighted by molar-refractivity contribution is 8.23. The van der Waals surface area contributed by atoms with Gasteiger partial charge in [0, 0.05) is 35.9 Å². The van der Waals surface area contributed by atoms with Gasteiger partial charge in [0.2, 0.25) is 0 Å². The zero-order valence-corrected chi connectivity index (χ0v) is 29.8. The number of esters is 1. The van der Waals surface area contributed by atoms with E-state index in [2.05, 4.69) is 54.1 Å². The molecule has 0 heterocycles. The normalized spacial score (nSPS) is 13.9.